The third-order valence-electron chi connectivity index (χ3n) is 11.0. The number of unbranched alkanes of at least 4 members (excludes halogenated alkanes) is 22. The highest BCUT2D eigenvalue weighted by Gasteiger charge is 2.38. The number of ether oxygens (including phenoxy) is 2. The molecule has 0 saturated carbocycles. The van der Waals surface area contributed by atoms with E-state index in [2.05, 4.69) is 54.6 Å². The predicted octanol–water partition coefficient (Wildman–Crippen LogP) is 14.5. The first-order valence-corrected chi connectivity index (χ1v) is 24.8. The molecule has 0 aliphatic heterocycles. The summed E-state index contributed by atoms with van der Waals surface area (Å²) in [5.41, 5.74) is 0. The summed E-state index contributed by atoms with van der Waals surface area (Å²) in [6.07, 6.45) is 35.0. The quantitative estimate of drug-likeness (QED) is 0.0366. The molecule has 0 N–H and O–H groups in total. The van der Waals surface area contributed by atoms with Gasteiger partial charge in [0, 0.05) is 12.8 Å². The lowest BCUT2D eigenvalue weighted by Crippen LogP contribution is -2.44. The van der Waals surface area contributed by atoms with Crippen LogP contribution in [-0.2, 0) is 23.5 Å². The summed E-state index contributed by atoms with van der Waals surface area (Å²) in [5.74, 6) is 0.452. The molecule has 0 aromatic heterocycles. The Bertz CT molecular complexity index is 777. The summed E-state index contributed by atoms with van der Waals surface area (Å²) in [7, 11) is -2.03. The minimum atomic E-state index is -2.03. The Balaban J connectivity index is 4.23. The Morgan fingerprint density at radius 1 is 0.520 bits per heavy atom. The fraction of sp³-hybridized carbons (Fsp3) is 0.955. The number of carbonyl (C=O) groups is 2. The SMILES string of the molecule is CCCCCCCCCCCCCCCC(=O)O[C@H](COC(=O)CCCCCCCC[C@H](C)CCCCCCCC)CO[Si](C)(C)C(C)(C)C. The maximum Gasteiger partial charge on any atom is 0.306 e. The van der Waals surface area contributed by atoms with E-state index >= 15 is 0 Å². The van der Waals surface area contributed by atoms with Crippen molar-refractivity contribution in [3.63, 3.8) is 0 Å². The van der Waals surface area contributed by atoms with Gasteiger partial charge in [0.25, 0.3) is 0 Å². The van der Waals surface area contributed by atoms with Gasteiger partial charge in [-0.05, 0) is 36.9 Å². The van der Waals surface area contributed by atoms with Crippen LogP contribution in [0.4, 0.5) is 0 Å². The Kier molecular flexibility index (Phi) is 32.2. The molecular formula is C44H88O5Si. The largest absolute Gasteiger partial charge is 0.462 e. The van der Waals surface area contributed by atoms with Crippen molar-refractivity contribution in [1.82, 2.24) is 0 Å². The zero-order chi connectivity index (χ0) is 37.4. The smallest absolute Gasteiger partial charge is 0.306 e. The second-order valence-corrected chi connectivity index (χ2v) is 22.0. The fourth-order valence-corrected chi connectivity index (χ4v) is 7.35. The molecule has 50 heavy (non-hydrogen) atoms. The number of hydrogen-bond acceptors (Lipinski definition) is 5. The molecular weight excluding hydrogens is 637 g/mol. The molecule has 0 aromatic rings. The van der Waals surface area contributed by atoms with Crippen molar-refractivity contribution < 1.29 is 23.5 Å². The normalized spacial score (nSPS) is 13.4. The van der Waals surface area contributed by atoms with Gasteiger partial charge in [0.05, 0.1) is 6.61 Å². The van der Waals surface area contributed by atoms with Crippen molar-refractivity contribution >= 4 is 20.3 Å². The van der Waals surface area contributed by atoms with E-state index in [1.807, 2.05) is 0 Å². The Morgan fingerprint density at radius 2 is 0.880 bits per heavy atom. The molecule has 0 aliphatic rings. The van der Waals surface area contributed by atoms with Gasteiger partial charge in [0.2, 0.25) is 0 Å². The van der Waals surface area contributed by atoms with Crippen LogP contribution in [-0.4, -0.2) is 39.6 Å². The van der Waals surface area contributed by atoms with Crippen LogP contribution in [0, 0.1) is 5.92 Å². The molecule has 0 amide bonds. The van der Waals surface area contributed by atoms with Crippen LogP contribution in [0.1, 0.15) is 228 Å². The van der Waals surface area contributed by atoms with E-state index in [9.17, 15) is 9.59 Å². The van der Waals surface area contributed by atoms with Gasteiger partial charge in [0.1, 0.15) is 6.61 Å². The summed E-state index contributed by atoms with van der Waals surface area (Å²) in [5, 5.41) is 0.0542. The second kappa shape index (κ2) is 32.7. The molecule has 298 valence electrons. The maximum absolute atomic E-state index is 12.8. The van der Waals surface area contributed by atoms with Crippen LogP contribution in [0.3, 0.4) is 0 Å². The molecule has 0 bridgehead atoms. The van der Waals surface area contributed by atoms with Gasteiger partial charge in [-0.25, -0.2) is 0 Å². The van der Waals surface area contributed by atoms with E-state index in [0.717, 1.165) is 31.6 Å². The highest BCUT2D eigenvalue weighted by molar-refractivity contribution is 6.74. The highest BCUT2D eigenvalue weighted by Crippen LogP contribution is 2.36. The lowest BCUT2D eigenvalue weighted by molar-refractivity contribution is -0.161. The van der Waals surface area contributed by atoms with Gasteiger partial charge >= 0.3 is 11.9 Å². The van der Waals surface area contributed by atoms with Crippen LogP contribution in [0.2, 0.25) is 18.1 Å². The first-order valence-electron chi connectivity index (χ1n) is 21.9. The third-order valence-corrected chi connectivity index (χ3v) is 15.5. The van der Waals surface area contributed by atoms with E-state index in [-0.39, 0.29) is 30.2 Å². The molecule has 0 unspecified atom stereocenters. The van der Waals surface area contributed by atoms with Crippen LogP contribution in [0.5, 0.6) is 0 Å². The zero-order valence-corrected chi connectivity index (χ0v) is 36.1. The van der Waals surface area contributed by atoms with Crippen LogP contribution >= 0.6 is 0 Å². The first kappa shape index (κ1) is 49.1. The van der Waals surface area contributed by atoms with Gasteiger partial charge in [-0.15, -0.1) is 0 Å². The van der Waals surface area contributed by atoms with Crippen LogP contribution in [0.15, 0.2) is 0 Å². The van der Waals surface area contributed by atoms with Gasteiger partial charge in [-0.3, -0.25) is 9.59 Å². The van der Waals surface area contributed by atoms with Crippen molar-refractivity contribution in [3.8, 4) is 0 Å². The Labute approximate surface area is 314 Å². The van der Waals surface area contributed by atoms with E-state index < -0.39 is 14.4 Å². The number of rotatable bonds is 36. The average molecular weight is 725 g/mol. The maximum atomic E-state index is 12.8. The first-order chi connectivity index (χ1) is 23.9. The van der Waals surface area contributed by atoms with Crippen molar-refractivity contribution in [1.29, 1.82) is 0 Å². The third kappa shape index (κ3) is 30.7. The molecule has 5 nitrogen and oxygen atoms in total. The minimum Gasteiger partial charge on any atom is -0.462 e. The molecule has 0 heterocycles. The summed E-state index contributed by atoms with van der Waals surface area (Å²) in [4.78, 5) is 25.3. The molecule has 0 spiro atoms. The summed E-state index contributed by atoms with van der Waals surface area (Å²) in [6, 6.07) is 0. The van der Waals surface area contributed by atoms with Gasteiger partial charge in [-0.1, -0.05) is 202 Å². The molecule has 0 saturated heterocycles. The van der Waals surface area contributed by atoms with Crippen molar-refractivity contribution in [2.75, 3.05) is 13.2 Å². The molecule has 0 rings (SSSR count). The summed E-state index contributed by atoms with van der Waals surface area (Å²) in [6.45, 7) is 18.3. The van der Waals surface area contributed by atoms with Crippen LogP contribution in [0.25, 0.3) is 0 Å². The monoisotopic (exact) mass is 725 g/mol. The zero-order valence-electron chi connectivity index (χ0n) is 35.1. The molecule has 0 radical (unpaired) electrons. The fourth-order valence-electron chi connectivity index (χ4n) is 6.31. The number of esters is 2. The molecule has 6 heteroatoms. The molecule has 0 fully saturated rings. The molecule has 0 aliphatic carbocycles. The van der Waals surface area contributed by atoms with E-state index in [1.165, 1.54) is 148 Å². The van der Waals surface area contributed by atoms with E-state index in [4.69, 9.17) is 13.9 Å². The van der Waals surface area contributed by atoms with E-state index in [0.29, 0.717) is 12.8 Å². The van der Waals surface area contributed by atoms with Gasteiger partial charge in [0.15, 0.2) is 14.4 Å². The summed E-state index contributed by atoms with van der Waals surface area (Å²) < 4.78 is 17.8. The highest BCUT2D eigenvalue weighted by atomic mass is 28.4. The van der Waals surface area contributed by atoms with Crippen LogP contribution < -0.4 is 0 Å². The Morgan fingerprint density at radius 3 is 1.28 bits per heavy atom. The molecule has 2 atom stereocenters. The lowest BCUT2D eigenvalue weighted by Gasteiger charge is -2.37. The van der Waals surface area contributed by atoms with Gasteiger partial charge in [-0.2, -0.15) is 0 Å². The number of carbonyl (C=O) groups excluding carboxylic acids is 2. The number of hydrogen-bond donors (Lipinski definition) is 0. The summed E-state index contributed by atoms with van der Waals surface area (Å²) >= 11 is 0. The topological polar surface area (TPSA) is 61.8 Å². The minimum absolute atomic E-state index is 0.0542. The van der Waals surface area contributed by atoms with Gasteiger partial charge < -0.3 is 13.9 Å². The van der Waals surface area contributed by atoms with Crippen molar-refractivity contribution in [2.24, 2.45) is 5.92 Å². The van der Waals surface area contributed by atoms with Crippen molar-refractivity contribution in [2.45, 2.75) is 252 Å². The molecule has 0 aromatic carbocycles. The standard InChI is InChI=1S/C44H88O5Si/c1-9-11-13-15-17-18-19-20-21-22-23-29-33-37-43(46)49-41(39-48-50(7,8)44(4,5)6)38-47-42(45)36-32-28-25-24-27-31-35-40(3)34-30-26-16-14-12-10-2/h40-41H,9-39H2,1-8H3/t40-,41-/m1/s1. The van der Waals surface area contributed by atoms with Crippen molar-refractivity contribution in [3.05, 3.63) is 0 Å². The average Bonchev–Trinajstić information content (AvgIpc) is 3.06. The lowest BCUT2D eigenvalue weighted by atomic mass is 9.96. The second-order valence-electron chi connectivity index (χ2n) is 17.2. The predicted molar refractivity (Wildman–Crippen MR) is 218 cm³/mol. The van der Waals surface area contributed by atoms with E-state index in [1.54, 1.807) is 0 Å². The Hall–Kier alpha value is -0.883.